The molecule has 0 radical (unpaired) electrons. The smallest absolute Gasteiger partial charge is 0.166 e. The molecule has 110 valence electrons. The predicted octanol–water partition coefficient (Wildman–Crippen LogP) is 4.88. The van der Waals surface area contributed by atoms with E-state index in [1.54, 1.807) is 6.20 Å². The van der Waals surface area contributed by atoms with Crippen LogP contribution in [0.25, 0.3) is 10.8 Å². The number of nitrogens with zero attached hydrogens (tertiary/aromatic N) is 1. The monoisotopic (exact) mass is 281 g/mol. The number of carbonyl (C=O) groups excluding carboxylic acids is 1. The van der Waals surface area contributed by atoms with E-state index in [1.807, 2.05) is 30.5 Å². The predicted molar refractivity (Wildman–Crippen MR) is 86.4 cm³/mol. The van der Waals surface area contributed by atoms with Crippen molar-refractivity contribution < 1.29 is 4.79 Å². The van der Waals surface area contributed by atoms with Crippen molar-refractivity contribution in [3.8, 4) is 0 Å². The summed E-state index contributed by atoms with van der Waals surface area (Å²) >= 11 is 0. The van der Waals surface area contributed by atoms with Crippen LogP contribution in [0.15, 0.2) is 36.7 Å². The van der Waals surface area contributed by atoms with Crippen molar-refractivity contribution in [1.29, 1.82) is 0 Å². The van der Waals surface area contributed by atoms with Crippen molar-refractivity contribution in [3.05, 3.63) is 42.2 Å². The summed E-state index contributed by atoms with van der Waals surface area (Å²) in [4.78, 5) is 17.0. The van der Waals surface area contributed by atoms with Crippen LogP contribution in [0.1, 0.15) is 49.9 Å². The molecule has 0 unspecified atom stereocenters. The fraction of sp³-hybridized carbons (Fsp3) is 0.474. The van der Waals surface area contributed by atoms with Gasteiger partial charge in [-0.3, -0.25) is 9.78 Å². The third kappa shape index (κ3) is 2.85. The molecule has 1 aromatic carbocycles. The minimum atomic E-state index is 0.200. The van der Waals surface area contributed by atoms with E-state index in [0.29, 0.717) is 5.78 Å². The summed E-state index contributed by atoms with van der Waals surface area (Å²) < 4.78 is 0. The number of fused-ring (bicyclic) bond motifs is 1. The topological polar surface area (TPSA) is 30.0 Å². The Bertz CT molecular complexity index is 634. The van der Waals surface area contributed by atoms with E-state index in [2.05, 4.69) is 18.8 Å². The van der Waals surface area contributed by atoms with Crippen molar-refractivity contribution >= 4 is 16.6 Å². The third-order valence-corrected chi connectivity index (χ3v) is 5.03. The third-order valence-electron chi connectivity index (χ3n) is 5.03. The zero-order valence-corrected chi connectivity index (χ0v) is 12.9. The second-order valence-corrected chi connectivity index (χ2v) is 6.62. The second kappa shape index (κ2) is 5.97. The Morgan fingerprint density at radius 1 is 1.14 bits per heavy atom. The van der Waals surface area contributed by atoms with Crippen molar-refractivity contribution in [1.82, 2.24) is 4.98 Å². The molecular formula is C19H23NO. The molecule has 1 saturated carbocycles. The summed E-state index contributed by atoms with van der Waals surface area (Å²) in [5, 5.41) is 2.10. The minimum absolute atomic E-state index is 0.200. The molecule has 1 aliphatic carbocycles. The van der Waals surface area contributed by atoms with Crippen LogP contribution in [0.5, 0.6) is 0 Å². The van der Waals surface area contributed by atoms with Crippen LogP contribution in [-0.4, -0.2) is 10.8 Å². The first kappa shape index (κ1) is 14.2. The van der Waals surface area contributed by atoms with Crippen LogP contribution in [0.3, 0.4) is 0 Å². The molecule has 2 nitrogen and oxygen atoms in total. The highest BCUT2D eigenvalue weighted by Crippen LogP contribution is 2.35. The van der Waals surface area contributed by atoms with Gasteiger partial charge in [-0.05, 0) is 49.0 Å². The summed E-state index contributed by atoms with van der Waals surface area (Å²) in [5.41, 5.74) is 0.855. The van der Waals surface area contributed by atoms with Crippen LogP contribution < -0.4 is 0 Å². The summed E-state index contributed by atoms with van der Waals surface area (Å²) in [6.45, 7) is 4.59. The molecule has 2 heteroatoms. The van der Waals surface area contributed by atoms with Crippen LogP contribution in [0.4, 0.5) is 0 Å². The number of hydrogen-bond acceptors (Lipinski definition) is 2. The van der Waals surface area contributed by atoms with Gasteiger partial charge < -0.3 is 0 Å². The molecule has 0 spiro atoms. The van der Waals surface area contributed by atoms with Crippen LogP contribution in [0, 0.1) is 17.8 Å². The van der Waals surface area contributed by atoms with Crippen LogP contribution >= 0.6 is 0 Å². The Kier molecular flexibility index (Phi) is 4.05. The molecule has 0 amide bonds. The van der Waals surface area contributed by atoms with E-state index in [9.17, 15) is 4.79 Å². The van der Waals surface area contributed by atoms with Gasteiger partial charge >= 0.3 is 0 Å². The number of pyridine rings is 1. The lowest BCUT2D eigenvalue weighted by Gasteiger charge is -2.30. The van der Waals surface area contributed by atoms with E-state index in [1.165, 1.54) is 12.8 Å². The number of Topliss-reactive ketones (excluding diaryl/α,β-unsaturated/α-hetero) is 1. The Morgan fingerprint density at radius 2 is 1.90 bits per heavy atom. The van der Waals surface area contributed by atoms with E-state index in [0.717, 1.165) is 41.0 Å². The standard InChI is InChI=1S/C19H23NO/c1-13(2)14-6-8-16(9-7-14)19(21)17-5-3-4-15-10-11-20-12-18(15)17/h3-5,10-14,16H,6-9H2,1-2H3. The lowest BCUT2D eigenvalue weighted by atomic mass is 9.74. The second-order valence-electron chi connectivity index (χ2n) is 6.62. The molecule has 0 saturated heterocycles. The van der Waals surface area contributed by atoms with Crippen LogP contribution in [-0.2, 0) is 0 Å². The van der Waals surface area contributed by atoms with E-state index < -0.39 is 0 Å². The Morgan fingerprint density at radius 3 is 2.62 bits per heavy atom. The van der Waals surface area contributed by atoms with Gasteiger partial charge in [0.05, 0.1) is 0 Å². The first-order valence-corrected chi connectivity index (χ1v) is 8.03. The normalized spacial score (nSPS) is 22.6. The van der Waals surface area contributed by atoms with Gasteiger partial charge in [0.2, 0.25) is 0 Å². The average molecular weight is 281 g/mol. The number of hydrogen-bond donors (Lipinski definition) is 0. The quantitative estimate of drug-likeness (QED) is 0.750. The Balaban J connectivity index is 1.82. The van der Waals surface area contributed by atoms with Gasteiger partial charge in [0.25, 0.3) is 0 Å². The highest BCUT2D eigenvalue weighted by atomic mass is 16.1. The van der Waals surface area contributed by atoms with Gasteiger partial charge in [0.15, 0.2) is 5.78 Å². The molecule has 0 aliphatic heterocycles. The van der Waals surface area contributed by atoms with Crippen molar-refractivity contribution in [3.63, 3.8) is 0 Å². The molecule has 1 aromatic heterocycles. The molecule has 21 heavy (non-hydrogen) atoms. The largest absolute Gasteiger partial charge is 0.294 e. The molecule has 1 aliphatic rings. The zero-order chi connectivity index (χ0) is 14.8. The van der Waals surface area contributed by atoms with E-state index in [4.69, 9.17) is 0 Å². The minimum Gasteiger partial charge on any atom is -0.294 e. The number of benzene rings is 1. The first-order chi connectivity index (χ1) is 10.2. The molecule has 0 bridgehead atoms. The maximum atomic E-state index is 12.9. The number of carbonyl (C=O) groups is 1. The number of rotatable bonds is 3. The number of aromatic nitrogens is 1. The van der Waals surface area contributed by atoms with Gasteiger partial charge in [-0.25, -0.2) is 0 Å². The van der Waals surface area contributed by atoms with Gasteiger partial charge in [-0.15, -0.1) is 0 Å². The lowest BCUT2D eigenvalue weighted by Crippen LogP contribution is -2.24. The van der Waals surface area contributed by atoms with E-state index >= 15 is 0 Å². The maximum absolute atomic E-state index is 12.9. The van der Waals surface area contributed by atoms with Crippen molar-refractivity contribution in [2.75, 3.05) is 0 Å². The van der Waals surface area contributed by atoms with E-state index in [-0.39, 0.29) is 5.92 Å². The summed E-state index contributed by atoms with van der Waals surface area (Å²) in [6, 6.07) is 7.96. The highest BCUT2D eigenvalue weighted by molar-refractivity contribution is 6.08. The highest BCUT2D eigenvalue weighted by Gasteiger charge is 2.28. The summed E-state index contributed by atoms with van der Waals surface area (Å²) in [6.07, 6.45) is 8.07. The maximum Gasteiger partial charge on any atom is 0.166 e. The molecule has 1 heterocycles. The van der Waals surface area contributed by atoms with Crippen LogP contribution in [0.2, 0.25) is 0 Å². The summed E-state index contributed by atoms with van der Waals surface area (Å²) in [7, 11) is 0. The molecule has 0 N–H and O–H groups in total. The molecular weight excluding hydrogens is 258 g/mol. The lowest BCUT2D eigenvalue weighted by molar-refractivity contribution is 0.0861. The molecule has 3 rings (SSSR count). The van der Waals surface area contributed by atoms with Gasteiger partial charge in [0.1, 0.15) is 0 Å². The Hall–Kier alpha value is -1.70. The molecule has 0 atom stereocenters. The van der Waals surface area contributed by atoms with Crippen molar-refractivity contribution in [2.45, 2.75) is 39.5 Å². The van der Waals surface area contributed by atoms with Gasteiger partial charge in [-0.1, -0.05) is 32.0 Å². The van der Waals surface area contributed by atoms with Gasteiger partial charge in [-0.2, -0.15) is 0 Å². The average Bonchev–Trinajstić information content (AvgIpc) is 2.53. The first-order valence-electron chi connectivity index (χ1n) is 8.03. The number of ketones is 1. The zero-order valence-electron chi connectivity index (χ0n) is 12.9. The molecule has 1 fully saturated rings. The fourth-order valence-electron chi connectivity index (χ4n) is 3.60. The summed E-state index contributed by atoms with van der Waals surface area (Å²) in [5.74, 6) is 2.05. The van der Waals surface area contributed by atoms with Gasteiger partial charge in [0, 0.05) is 29.3 Å². The SMILES string of the molecule is CC(C)C1CCC(C(=O)c2cccc3ccncc23)CC1. The fourth-order valence-corrected chi connectivity index (χ4v) is 3.60. The molecule has 2 aromatic rings. The van der Waals surface area contributed by atoms with Crippen molar-refractivity contribution in [2.24, 2.45) is 17.8 Å². The Labute approximate surface area is 126 Å².